The van der Waals surface area contributed by atoms with Gasteiger partial charge in [-0.05, 0) is 33.7 Å². The second kappa shape index (κ2) is 10.1. The van der Waals surface area contributed by atoms with E-state index in [-0.39, 0.29) is 17.7 Å². The number of aromatic nitrogens is 4. The molecule has 4 rings (SSSR count). The second-order valence-electron chi connectivity index (χ2n) is 7.06. The molecule has 0 saturated heterocycles. The van der Waals surface area contributed by atoms with E-state index in [9.17, 15) is 4.79 Å². The molecular formula is C24H23N5O2S. The molecule has 162 valence electrons. The van der Waals surface area contributed by atoms with Crippen LogP contribution in [0, 0.1) is 0 Å². The average molecular weight is 446 g/mol. The van der Waals surface area contributed by atoms with E-state index in [1.54, 1.807) is 16.7 Å². The van der Waals surface area contributed by atoms with Gasteiger partial charge in [0.25, 0.3) is 0 Å². The first kappa shape index (κ1) is 21.6. The van der Waals surface area contributed by atoms with Crippen LogP contribution in [0.15, 0.2) is 90.1 Å². The number of para-hydroxylation sites is 2. The largest absolute Gasteiger partial charge is 0.494 e. The summed E-state index contributed by atoms with van der Waals surface area (Å²) in [4.78, 5) is 15.0. The predicted octanol–water partition coefficient (Wildman–Crippen LogP) is 4.01. The van der Waals surface area contributed by atoms with Gasteiger partial charge in [0, 0.05) is 7.05 Å². The van der Waals surface area contributed by atoms with Crippen molar-refractivity contribution in [1.82, 2.24) is 25.1 Å². The fourth-order valence-corrected chi connectivity index (χ4v) is 4.31. The van der Waals surface area contributed by atoms with Gasteiger partial charge in [0.2, 0.25) is 11.1 Å². The molecule has 1 heterocycles. The summed E-state index contributed by atoms with van der Waals surface area (Å²) in [5, 5.41) is 12.5. The Kier molecular flexibility index (Phi) is 6.81. The SMILES string of the molecule is COc1ccccc1-n1nnnc1SCC(=O)N(C)C(c1ccccc1)c1ccccc1. The van der Waals surface area contributed by atoms with Crippen molar-refractivity contribution in [3.63, 3.8) is 0 Å². The van der Waals surface area contributed by atoms with Crippen molar-refractivity contribution < 1.29 is 9.53 Å². The Hall–Kier alpha value is -3.65. The number of nitrogens with zero attached hydrogens (tertiary/aromatic N) is 5. The summed E-state index contributed by atoms with van der Waals surface area (Å²) in [5.74, 6) is 0.822. The Labute approximate surface area is 191 Å². The lowest BCUT2D eigenvalue weighted by Gasteiger charge is -2.29. The summed E-state index contributed by atoms with van der Waals surface area (Å²) in [6, 6.07) is 27.3. The van der Waals surface area contributed by atoms with Crippen LogP contribution in [-0.2, 0) is 4.79 Å². The number of hydrogen-bond acceptors (Lipinski definition) is 6. The summed E-state index contributed by atoms with van der Waals surface area (Å²) in [6.07, 6.45) is 0. The molecule has 1 aromatic heterocycles. The van der Waals surface area contributed by atoms with E-state index >= 15 is 0 Å². The van der Waals surface area contributed by atoms with Crippen LogP contribution in [0.2, 0.25) is 0 Å². The summed E-state index contributed by atoms with van der Waals surface area (Å²) in [5.41, 5.74) is 2.83. The normalized spacial score (nSPS) is 10.8. The molecule has 3 aromatic carbocycles. The molecule has 0 N–H and O–H groups in total. The highest BCUT2D eigenvalue weighted by atomic mass is 32.2. The van der Waals surface area contributed by atoms with E-state index < -0.39 is 0 Å². The second-order valence-corrected chi connectivity index (χ2v) is 8.00. The third-order valence-electron chi connectivity index (χ3n) is 5.09. The highest BCUT2D eigenvalue weighted by molar-refractivity contribution is 7.99. The molecule has 0 bridgehead atoms. The number of amides is 1. The summed E-state index contributed by atoms with van der Waals surface area (Å²) >= 11 is 1.29. The van der Waals surface area contributed by atoms with Crippen molar-refractivity contribution in [2.75, 3.05) is 19.9 Å². The minimum atomic E-state index is -0.185. The van der Waals surface area contributed by atoms with Crippen LogP contribution < -0.4 is 4.74 Å². The number of rotatable bonds is 8. The molecule has 0 spiro atoms. The lowest BCUT2D eigenvalue weighted by Crippen LogP contribution is -2.33. The molecule has 32 heavy (non-hydrogen) atoms. The Morgan fingerprint density at radius 2 is 1.56 bits per heavy atom. The van der Waals surface area contributed by atoms with Crippen LogP contribution in [0.3, 0.4) is 0 Å². The summed E-state index contributed by atoms with van der Waals surface area (Å²) in [6.45, 7) is 0. The summed E-state index contributed by atoms with van der Waals surface area (Å²) < 4.78 is 7.00. The van der Waals surface area contributed by atoms with Crippen LogP contribution in [-0.4, -0.2) is 50.9 Å². The molecule has 7 nitrogen and oxygen atoms in total. The molecule has 0 radical (unpaired) electrons. The van der Waals surface area contributed by atoms with E-state index in [4.69, 9.17) is 4.74 Å². The Morgan fingerprint density at radius 1 is 0.969 bits per heavy atom. The van der Waals surface area contributed by atoms with E-state index in [1.807, 2.05) is 92.0 Å². The highest BCUT2D eigenvalue weighted by Gasteiger charge is 2.24. The lowest BCUT2D eigenvalue weighted by molar-refractivity contribution is -0.128. The van der Waals surface area contributed by atoms with Crippen LogP contribution in [0.4, 0.5) is 0 Å². The van der Waals surface area contributed by atoms with Gasteiger partial charge in [0.05, 0.1) is 18.9 Å². The first-order chi connectivity index (χ1) is 15.7. The maximum atomic E-state index is 13.2. The number of ether oxygens (including phenoxy) is 1. The Morgan fingerprint density at radius 3 is 2.19 bits per heavy atom. The number of carbonyl (C=O) groups excluding carboxylic acids is 1. The average Bonchev–Trinajstić information content (AvgIpc) is 3.32. The van der Waals surface area contributed by atoms with Crippen LogP contribution in [0.25, 0.3) is 5.69 Å². The van der Waals surface area contributed by atoms with Gasteiger partial charge in [-0.2, -0.15) is 4.68 Å². The van der Waals surface area contributed by atoms with Crippen molar-refractivity contribution in [1.29, 1.82) is 0 Å². The summed E-state index contributed by atoms with van der Waals surface area (Å²) in [7, 11) is 3.43. The van der Waals surface area contributed by atoms with Crippen molar-refractivity contribution in [2.24, 2.45) is 0 Å². The van der Waals surface area contributed by atoms with Crippen molar-refractivity contribution in [3.8, 4) is 11.4 Å². The zero-order chi connectivity index (χ0) is 22.3. The Bertz CT molecular complexity index is 1130. The van der Waals surface area contributed by atoms with Gasteiger partial charge in [0.15, 0.2) is 0 Å². The maximum Gasteiger partial charge on any atom is 0.233 e. The lowest BCUT2D eigenvalue weighted by atomic mass is 9.97. The third-order valence-corrected chi connectivity index (χ3v) is 5.99. The number of benzene rings is 3. The first-order valence-electron chi connectivity index (χ1n) is 10.1. The molecule has 0 aliphatic heterocycles. The number of carbonyl (C=O) groups is 1. The van der Waals surface area contributed by atoms with Gasteiger partial charge in [-0.1, -0.05) is 84.6 Å². The van der Waals surface area contributed by atoms with Crippen LogP contribution in [0.1, 0.15) is 17.2 Å². The molecule has 0 aliphatic carbocycles. The fourth-order valence-electron chi connectivity index (χ4n) is 3.51. The number of tetrazole rings is 1. The number of methoxy groups -OCH3 is 1. The molecule has 0 fully saturated rings. The zero-order valence-corrected chi connectivity index (χ0v) is 18.6. The highest BCUT2D eigenvalue weighted by Crippen LogP contribution is 2.29. The molecule has 0 atom stereocenters. The van der Waals surface area contributed by atoms with Gasteiger partial charge in [-0.3, -0.25) is 4.79 Å². The molecule has 4 aromatic rings. The smallest absolute Gasteiger partial charge is 0.233 e. The predicted molar refractivity (Wildman–Crippen MR) is 124 cm³/mol. The van der Waals surface area contributed by atoms with Crippen LogP contribution in [0.5, 0.6) is 5.75 Å². The Balaban J connectivity index is 1.54. The first-order valence-corrected chi connectivity index (χ1v) is 11.1. The third kappa shape index (κ3) is 4.65. The molecule has 0 unspecified atom stereocenters. The molecular weight excluding hydrogens is 422 g/mol. The van der Waals surface area contributed by atoms with Gasteiger partial charge in [0.1, 0.15) is 11.4 Å². The number of hydrogen-bond donors (Lipinski definition) is 0. The maximum absolute atomic E-state index is 13.2. The van der Waals surface area contributed by atoms with Crippen molar-refractivity contribution >= 4 is 17.7 Å². The van der Waals surface area contributed by atoms with Gasteiger partial charge < -0.3 is 9.64 Å². The minimum Gasteiger partial charge on any atom is -0.494 e. The fraction of sp³-hybridized carbons (Fsp3) is 0.167. The van der Waals surface area contributed by atoms with Gasteiger partial charge in [-0.15, -0.1) is 5.10 Å². The van der Waals surface area contributed by atoms with Crippen LogP contribution >= 0.6 is 11.8 Å². The standard InChI is InChI=1S/C24H23N5O2S/c1-28(23(18-11-5-3-6-12-18)19-13-7-4-8-14-19)22(30)17-32-24-25-26-27-29(24)20-15-9-10-16-21(20)31-2/h3-16,23H,17H2,1-2H3. The minimum absolute atomic E-state index is 0.0257. The monoisotopic (exact) mass is 445 g/mol. The molecule has 0 aliphatic rings. The van der Waals surface area contributed by atoms with Crippen molar-refractivity contribution in [2.45, 2.75) is 11.2 Å². The molecule has 0 saturated carbocycles. The zero-order valence-electron chi connectivity index (χ0n) is 17.8. The van der Waals surface area contributed by atoms with Gasteiger partial charge in [-0.25, -0.2) is 0 Å². The van der Waals surface area contributed by atoms with E-state index in [0.29, 0.717) is 10.9 Å². The van der Waals surface area contributed by atoms with Crippen molar-refractivity contribution in [3.05, 3.63) is 96.1 Å². The van der Waals surface area contributed by atoms with E-state index in [2.05, 4.69) is 15.5 Å². The number of thioether (sulfide) groups is 1. The quantitative estimate of drug-likeness (QED) is 0.382. The van der Waals surface area contributed by atoms with E-state index in [1.165, 1.54) is 11.8 Å². The topological polar surface area (TPSA) is 73.1 Å². The molecule has 8 heteroatoms. The van der Waals surface area contributed by atoms with E-state index in [0.717, 1.165) is 16.8 Å². The molecule has 1 amide bonds. The van der Waals surface area contributed by atoms with Gasteiger partial charge >= 0.3 is 0 Å².